The van der Waals surface area contributed by atoms with Gasteiger partial charge in [0.15, 0.2) is 6.29 Å². The van der Waals surface area contributed by atoms with Gasteiger partial charge in [-0.1, -0.05) is 18.2 Å². The Hall–Kier alpha value is -4.89. The minimum Gasteiger partial charge on any atom is -0.379 e. The molecule has 3 unspecified atom stereocenters. The molecule has 4 fully saturated rings. The largest absolute Gasteiger partial charge is 0.379 e. The van der Waals surface area contributed by atoms with Crippen molar-refractivity contribution in [1.82, 2.24) is 29.8 Å². The maximum Gasteiger partial charge on any atom is 0.282 e. The molecule has 3 aromatic rings. The van der Waals surface area contributed by atoms with E-state index in [4.69, 9.17) is 0 Å². The number of anilines is 2. The number of aldehydes is 1. The molecule has 272 valence electrons. The second kappa shape index (κ2) is 13.9. The number of piperidine rings is 2. The number of benzene rings is 2. The molecule has 0 saturated carbocycles. The lowest BCUT2D eigenvalue weighted by molar-refractivity contribution is -0.136. The Morgan fingerprint density at radius 2 is 1.77 bits per heavy atom. The van der Waals surface area contributed by atoms with Gasteiger partial charge >= 0.3 is 0 Å². The summed E-state index contributed by atoms with van der Waals surface area (Å²) in [5.41, 5.74) is 3.29. The lowest BCUT2D eigenvalue weighted by Crippen LogP contribution is -2.73. The molecule has 4 saturated heterocycles. The number of likely N-dealkylation sites (tertiary alicyclic amines) is 2. The van der Waals surface area contributed by atoms with Gasteiger partial charge in [0, 0.05) is 82.5 Å². The minimum atomic E-state index is -0.793. The van der Waals surface area contributed by atoms with E-state index >= 15 is 0 Å². The van der Waals surface area contributed by atoms with E-state index in [1.165, 1.54) is 16.6 Å². The normalized spacial score (nSPS) is 22.7. The summed E-state index contributed by atoms with van der Waals surface area (Å²) in [5, 5.41) is 9.91. The Kier molecular flexibility index (Phi) is 9.50. The van der Waals surface area contributed by atoms with Crippen LogP contribution >= 0.6 is 15.9 Å². The highest BCUT2D eigenvalue weighted by atomic mass is 79.9. The average molecular weight is 774 g/mol. The number of likely N-dealkylation sites (N-methyl/N-ethyl adjacent to an activating group) is 2. The second-order valence-corrected chi connectivity index (χ2v) is 15.5. The first-order valence-corrected chi connectivity index (χ1v) is 18.2. The number of carbonyl (C=O) groups excluding carboxylic acids is 5. The summed E-state index contributed by atoms with van der Waals surface area (Å²) >= 11 is 3.41. The van der Waals surface area contributed by atoms with E-state index in [0.29, 0.717) is 53.9 Å². The molecule has 0 aliphatic carbocycles. The van der Waals surface area contributed by atoms with Crippen molar-refractivity contribution < 1.29 is 24.0 Å². The van der Waals surface area contributed by atoms with Gasteiger partial charge in [-0.3, -0.25) is 34.1 Å². The lowest BCUT2D eigenvalue weighted by Gasteiger charge is -2.61. The van der Waals surface area contributed by atoms with E-state index in [2.05, 4.69) is 48.5 Å². The van der Waals surface area contributed by atoms with Gasteiger partial charge in [-0.05, 0) is 71.6 Å². The predicted molar refractivity (Wildman–Crippen MR) is 197 cm³/mol. The molecule has 14 nitrogen and oxygen atoms in total. The fourth-order valence-electron chi connectivity index (χ4n) is 8.14. The van der Waals surface area contributed by atoms with Gasteiger partial charge in [0.25, 0.3) is 17.4 Å². The maximum absolute atomic E-state index is 13.5. The lowest BCUT2D eigenvalue weighted by atomic mass is 9.72. The van der Waals surface area contributed by atoms with Crippen LogP contribution in [0.25, 0.3) is 0 Å². The molecule has 0 bridgehead atoms. The van der Waals surface area contributed by atoms with Crippen molar-refractivity contribution in [3.63, 3.8) is 0 Å². The molecule has 1 aromatic heterocycles. The molecular weight excluding hydrogens is 732 g/mol. The van der Waals surface area contributed by atoms with Crippen molar-refractivity contribution in [1.29, 1.82) is 0 Å². The van der Waals surface area contributed by atoms with Crippen LogP contribution in [0, 0.1) is 5.41 Å². The van der Waals surface area contributed by atoms with Gasteiger partial charge in [-0.2, -0.15) is 5.10 Å². The van der Waals surface area contributed by atoms with Crippen LogP contribution in [0.1, 0.15) is 61.8 Å². The van der Waals surface area contributed by atoms with Gasteiger partial charge in [0.05, 0.1) is 23.0 Å². The molecule has 7 rings (SSSR count). The van der Waals surface area contributed by atoms with E-state index < -0.39 is 17.9 Å². The fraction of sp³-hybridized carbons (Fsp3) is 0.432. The second-order valence-electron chi connectivity index (χ2n) is 14.7. The number of carbonyl (C=O) groups is 5. The first-order chi connectivity index (χ1) is 24.9. The monoisotopic (exact) mass is 772 g/mol. The Morgan fingerprint density at radius 3 is 2.46 bits per heavy atom. The van der Waals surface area contributed by atoms with Gasteiger partial charge < -0.3 is 24.9 Å². The Labute approximate surface area is 309 Å². The van der Waals surface area contributed by atoms with E-state index in [1.54, 1.807) is 25.4 Å². The van der Waals surface area contributed by atoms with Crippen molar-refractivity contribution in [3.05, 3.63) is 85.7 Å². The van der Waals surface area contributed by atoms with Crippen molar-refractivity contribution in [2.24, 2.45) is 12.5 Å². The van der Waals surface area contributed by atoms with Crippen molar-refractivity contribution in [2.45, 2.75) is 37.3 Å². The molecule has 4 amide bonds. The molecular formula is C37H41BrN8O6. The quantitative estimate of drug-likeness (QED) is 0.257. The standard InChI is InChI=1S/C37H41BrN8O6/c1-42-15-24(13-25(16-42)40-28-14-39-44(3)36(52)32(28)38)22-7-9-23(10-8-22)34(50)46-20-37(21-46)18-45(19-37)29-6-4-5-26(27(29)17-47)35(51)43(2)30-11-12-31(48)41-33(30)49/h4-10,14,17,24-25,30,40H,11-13,15-16,18-21H2,1-3H3,(H,41,48,49). The minimum absolute atomic E-state index is 0.0170. The highest BCUT2D eigenvalue weighted by molar-refractivity contribution is 9.10. The van der Waals surface area contributed by atoms with Crippen molar-refractivity contribution >= 4 is 57.2 Å². The van der Waals surface area contributed by atoms with Gasteiger partial charge in [-0.15, -0.1) is 0 Å². The van der Waals surface area contributed by atoms with Gasteiger partial charge in [0.2, 0.25) is 11.8 Å². The SMILES string of the molecule is CN1CC(Nc2cnn(C)c(=O)c2Br)CC(c2ccc(C(=O)N3CC4(C3)CN(c3cccc(C(=O)N(C)C5CCC(=O)NC5=O)c3C=O)C4)cc2)C1. The number of nitrogens with one attached hydrogen (secondary N) is 2. The summed E-state index contributed by atoms with van der Waals surface area (Å²) in [6.45, 7) is 4.20. The number of amides is 4. The van der Waals surface area contributed by atoms with Gasteiger partial charge in [0.1, 0.15) is 10.5 Å². The Morgan fingerprint density at radius 1 is 1.04 bits per heavy atom. The summed E-state index contributed by atoms with van der Waals surface area (Å²) in [5.74, 6) is -1.12. The maximum atomic E-state index is 13.5. The van der Waals surface area contributed by atoms with Crippen LogP contribution in [0.5, 0.6) is 0 Å². The van der Waals surface area contributed by atoms with Crippen LogP contribution in [0.4, 0.5) is 11.4 Å². The molecule has 5 heterocycles. The number of hydrogen-bond donors (Lipinski definition) is 2. The number of aryl methyl sites for hydroxylation is 1. The molecule has 2 N–H and O–H groups in total. The van der Waals surface area contributed by atoms with Gasteiger partial charge in [-0.25, -0.2) is 4.68 Å². The zero-order valence-electron chi connectivity index (χ0n) is 29.3. The molecule has 15 heteroatoms. The number of halogens is 1. The van der Waals surface area contributed by atoms with Crippen molar-refractivity contribution in [2.75, 3.05) is 63.6 Å². The average Bonchev–Trinajstić information content (AvgIpc) is 3.09. The number of imide groups is 1. The topological polar surface area (TPSA) is 157 Å². The van der Waals surface area contributed by atoms with E-state index in [0.717, 1.165) is 25.1 Å². The smallest absolute Gasteiger partial charge is 0.282 e. The van der Waals surface area contributed by atoms with Crippen LogP contribution in [-0.4, -0.2) is 120 Å². The third kappa shape index (κ3) is 6.62. The van der Waals surface area contributed by atoms with Crippen molar-refractivity contribution in [3.8, 4) is 0 Å². The van der Waals surface area contributed by atoms with E-state index in [9.17, 15) is 28.8 Å². The fourth-order valence-corrected chi connectivity index (χ4v) is 8.61. The molecule has 2 aromatic carbocycles. The van der Waals surface area contributed by atoms with Crippen LogP contribution in [0.2, 0.25) is 0 Å². The summed E-state index contributed by atoms with van der Waals surface area (Å²) in [7, 11) is 5.20. The van der Waals surface area contributed by atoms with E-state index in [1.807, 2.05) is 35.2 Å². The highest BCUT2D eigenvalue weighted by Crippen LogP contribution is 2.43. The molecule has 1 spiro atoms. The third-order valence-electron chi connectivity index (χ3n) is 10.9. The number of aromatic nitrogens is 2. The molecule has 4 aliphatic heterocycles. The molecule has 52 heavy (non-hydrogen) atoms. The first-order valence-electron chi connectivity index (χ1n) is 17.4. The zero-order valence-corrected chi connectivity index (χ0v) is 30.9. The molecule has 0 radical (unpaired) electrons. The summed E-state index contributed by atoms with van der Waals surface area (Å²) in [6.07, 6.45) is 3.57. The van der Waals surface area contributed by atoms with Crippen LogP contribution in [-0.2, 0) is 16.6 Å². The Balaban J connectivity index is 0.946. The number of rotatable bonds is 8. The Bertz CT molecular complexity index is 2000. The predicted octanol–water partition coefficient (Wildman–Crippen LogP) is 2.09. The van der Waals surface area contributed by atoms with Crippen LogP contribution < -0.4 is 21.1 Å². The van der Waals surface area contributed by atoms with E-state index in [-0.39, 0.29) is 58.7 Å². The number of hydrogen-bond acceptors (Lipinski definition) is 10. The highest BCUT2D eigenvalue weighted by Gasteiger charge is 2.53. The number of nitrogens with zero attached hydrogens (tertiary/aromatic N) is 6. The van der Waals surface area contributed by atoms with Crippen LogP contribution in [0.3, 0.4) is 0 Å². The molecule has 4 aliphatic rings. The van der Waals surface area contributed by atoms with Crippen LogP contribution in [0.15, 0.2) is 57.9 Å². The first kappa shape index (κ1) is 35.5. The summed E-state index contributed by atoms with van der Waals surface area (Å²) in [6, 6.07) is 12.3. The molecule has 3 atom stereocenters. The summed E-state index contributed by atoms with van der Waals surface area (Å²) in [4.78, 5) is 83.0. The zero-order chi connectivity index (χ0) is 36.9. The summed E-state index contributed by atoms with van der Waals surface area (Å²) < 4.78 is 1.75. The third-order valence-corrected chi connectivity index (χ3v) is 11.6.